The van der Waals surface area contributed by atoms with Crippen molar-refractivity contribution in [2.75, 3.05) is 6.61 Å². The molecule has 0 aliphatic carbocycles. The molecule has 2 atom stereocenters. The van der Waals surface area contributed by atoms with Gasteiger partial charge in [-0.1, -0.05) is 91.5 Å². The molecule has 1 N–H and O–H groups in total. The number of rotatable bonds is 16. The zero-order valence-electron chi connectivity index (χ0n) is 19.5. The van der Waals surface area contributed by atoms with Crippen molar-refractivity contribution in [2.45, 2.75) is 98.3 Å². The summed E-state index contributed by atoms with van der Waals surface area (Å²) in [6, 6.07) is 5.00. The Kier molecular flexibility index (Phi) is 13.1. The quantitative estimate of drug-likeness (QED) is 0.226. The number of hydrogen-bond acceptors (Lipinski definition) is 3. The number of carbonyl (C=O) groups excluding carboxylic acids is 1. The molecule has 1 rings (SSSR count). The topological polar surface area (TPSA) is 63.6 Å². The zero-order valence-corrected chi connectivity index (χ0v) is 19.5. The second-order valence-corrected chi connectivity index (χ2v) is 8.51. The molecule has 0 saturated carbocycles. The van der Waals surface area contributed by atoms with E-state index in [1.807, 2.05) is 0 Å². The molecule has 4 nitrogen and oxygen atoms in total. The highest BCUT2D eigenvalue weighted by molar-refractivity contribution is 5.97. The van der Waals surface area contributed by atoms with Crippen molar-refractivity contribution in [1.82, 2.24) is 0 Å². The number of carboxylic acid groups (broad SMARTS) is 1. The van der Waals surface area contributed by atoms with Gasteiger partial charge >= 0.3 is 11.9 Å². The fraction of sp³-hybridized carbons (Fsp3) is 0.692. The molecule has 0 radical (unpaired) electrons. The lowest BCUT2D eigenvalue weighted by molar-refractivity contribution is 0.0426. The van der Waals surface area contributed by atoms with E-state index in [-0.39, 0.29) is 11.5 Å². The van der Waals surface area contributed by atoms with Gasteiger partial charge in [0.1, 0.15) is 0 Å². The molecule has 0 aliphatic rings. The third-order valence-electron chi connectivity index (χ3n) is 6.03. The minimum absolute atomic E-state index is 0.235. The molecule has 2 unspecified atom stereocenters. The van der Waals surface area contributed by atoms with Gasteiger partial charge in [0.15, 0.2) is 0 Å². The van der Waals surface area contributed by atoms with E-state index in [4.69, 9.17) is 4.74 Å². The summed E-state index contributed by atoms with van der Waals surface area (Å²) in [7, 11) is 0. The molecule has 0 fully saturated rings. The van der Waals surface area contributed by atoms with Gasteiger partial charge in [-0.05, 0) is 42.4 Å². The van der Waals surface area contributed by atoms with Gasteiger partial charge < -0.3 is 9.84 Å². The summed E-state index contributed by atoms with van der Waals surface area (Å²) in [6.07, 6.45) is 11.6. The molecule has 30 heavy (non-hydrogen) atoms. The molecular formula is C26H42O4. The van der Waals surface area contributed by atoms with Gasteiger partial charge in [-0.2, -0.15) is 0 Å². The first-order chi connectivity index (χ1) is 14.5. The van der Waals surface area contributed by atoms with Crippen molar-refractivity contribution in [3.8, 4) is 0 Å². The van der Waals surface area contributed by atoms with Crippen LogP contribution in [0.3, 0.4) is 0 Å². The summed E-state index contributed by atoms with van der Waals surface area (Å²) in [6.45, 7) is 9.03. The summed E-state index contributed by atoms with van der Waals surface area (Å²) in [4.78, 5) is 24.8. The first kappa shape index (κ1) is 26.2. The summed E-state index contributed by atoms with van der Waals surface area (Å²) in [5.41, 5.74) is 1.31. The second-order valence-electron chi connectivity index (χ2n) is 8.51. The molecular weight excluding hydrogens is 376 g/mol. The fourth-order valence-corrected chi connectivity index (χ4v) is 4.10. The Morgan fingerprint density at radius 3 is 2.13 bits per heavy atom. The number of unbranched alkanes of at least 4 members (excludes halogenated alkanes) is 3. The highest BCUT2D eigenvalue weighted by Crippen LogP contribution is 2.26. The number of hydrogen-bond donors (Lipinski definition) is 1. The van der Waals surface area contributed by atoms with Crippen molar-refractivity contribution in [1.29, 1.82) is 0 Å². The fourth-order valence-electron chi connectivity index (χ4n) is 4.10. The first-order valence-electron chi connectivity index (χ1n) is 12.0. The van der Waals surface area contributed by atoms with Crippen molar-refractivity contribution in [3.63, 3.8) is 0 Å². The van der Waals surface area contributed by atoms with Gasteiger partial charge in [-0.3, -0.25) is 0 Å². The molecule has 0 spiro atoms. The van der Waals surface area contributed by atoms with Crippen LogP contribution >= 0.6 is 0 Å². The molecule has 0 bridgehead atoms. The second kappa shape index (κ2) is 15.0. The molecule has 0 saturated heterocycles. The van der Waals surface area contributed by atoms with E-state index in [2.05, 4.69) is 27.7 Å². The van der Waals surface area contributed by atoms with E-state index in [1.165, 1.54) is 12.8 Å². The maximum absolute atomic E-state index is 12.9. The van der Waals surface area contributed by atoms with Gasteiger partial charge in [0.05, 0.1) is 17.7 Å². The number of esters is 1. The standard InChI is InChI=1S/C26H42O4/c1-5-9-11-15-21(13-7-3)18-24-22(25(27)28)16-12-17-23(24)26(29)30-19-20(8-4)14-10-6-2/h12,16-17,20-21H,5-11,13-15,18-19H2,1-4H3,(H,27,28). The van der Waals surface area contributed by atoms with Crippen LogP contribution in [0.15, 0.2) is 18.2 Å². The number of benzene rings is 1. The van der Waals surface area contributed by atoms with Crippen LogP contribution in [0.5, 0.6) is 0 Å². The predicted molar refractivity (Wildman–Crippen MR) is 123 cm³/mol. The highest BCUT2D eigenvalue weighted by Gasteiger charge is 2.23. The summed E-state index contributed by atoms with van der Waals surface area (Å²) < 4.78 is 5.66. The largest absolute Gasteiger partial charge is 0.478 e. The molecule has 170 valence electrons. The summed E-state index contributed by atoms with van der Waals surface area (Å²) in [5.74, 6) is -0.604. The van der Waals surface area contributed by atoms with Gasteiger partial charge in [0.25, 0.3) is 0 Å². The van der Waals surface area contributed by atoms with Crippen LogP contribution in [0, 0.1) is 11.8 Å². The Bertz CT molecular complexity index is 638. The Balaban J connectivity index is 3.03. The molecule has 0 heterocycles. The normalized spacial score (nSPS) is 13.1. The minimum atomic E-state index is -0.974. The van der Waals surface area contributed by atoms with E-state index in [0.717, 1.165) is 51.4 Å². The zero-order chi connectivity index (χ0) is 22.4. The molecule has 1 aromatic carbocycles. The average Bonchev–Trinajstić information content (AvgIpc) is 2.74. The Morgan fingerprint density at radius 2 is 1.53 bits per heavy atom. The van der Waals surface area contributed by atoms with Gasteiger partial charge in [-0.15, -0.1) is 0 Å². The third kappa shape index (κ3) is 8.89. The molecule has 0 aromatic heterocycles. The van der Waals surface area contributed by atoms with Crippen LogP contribution in [0.25, 0.3) is 0 Å². The van der Waals surface area contributed by atoms with Crippen LogP contribution in [0.4, 0.5) is 0 Å². The van der Waals surface area contributed by atoms with Gasteiger partial charge in [0, 0.05) is 0 Å². The van der Waals surface area contributed by atoms with Crippen LogP contribution in [-0.2, 0) is 11.2 Å². The van der Waals surface area contributed by atoms with Crippen molar-refractivity contribution in [3.05, 3.63) is 34.9 Å². The number of aromatic carboxylic acids is 1. The van der Waals surface area contributed by atoms with E-state index in [9.17, 15) is 14.7 Å². The van der Waals surface area contributed by atoms with E-state index < -0.39 is 5.97 Å². The number of carbonyl (C=O) groups is 2. The third-order valence-corrected chi connectivity index (χ3v) is 6.03. The molecule has 0 amide bonds. The lowest BCUT2D eigenvalue weighted by Gasteiger charge is -2.20. The summed E-state index contributed by atoms with van der Waals surface area (Å²) >= 11 is 0. The average molecular weight is 419 g/mol. The van der Waals surface area contributed by atoms with Crippen molar-refractivity contribution >= 4 is 11.9 Å². The molecule has 0 aliphatic heterocycles. The molecule has 4 heteroatoms. The smallest absolute Gasteiger partial charge is 0.338 e. The molecule has 1 aromatic rings. The van der Waals surface area contributed by atoms with Gasteiger partial charge in [0.2, 0.25) is 0 Å². The SMILES string of the molecule is CCCCCC(CCC)Cc1c(C(=O)O)cccc1C(=O)OCC(CC)CCCC. The Labute approximate surface area is 183 Å². The lowest BCUT2D eigenvalue weighted by atomic mass is 9.86. The van der Waals surface area contributed by atoms with Crippen LogP contribution in [0.2, 0.25) is 0 Å². The predicted octanol–water partition coefficient (Wildman–Crippen LogP) is 7.30. The Morgan fingerprint density at radius 1 is 0.867 bits per heavy atom. The summed E-state index contributed by atoms with van der Waals surface area (Å²) in [5, 5.41) is 9.73. The number of carboxylic acids is 1. The minimum Gasteiger partial charge on any atom is -0.478 e. The monoisotopic (exact) mass is 418 g/mol. The van der Waals surface area contributed by atoms with Crippen molar-refractivity contribution < 1.29 is 19.4 Å². The van der Waals surface area contributed by atoms with Crippen LogP contribution < -0.4 is 0 Å². The first-order valence-corrected chi connectivity index (χ1v) is 12.0. The maximum Gasteiger partial charge on any atom is 0.338 e. The number of ether oxygens (including phenoxy) is 1. The lowest BCUT2D eigenvalue weighted by Crippen LogP contribution is -2.18. The van der Waals surface area contributed by atoms with Crippen LogP contribution in [0.1, 0.15) is 118 Å². The highest BCUT2D eigenvalue weighted by atomic mass is 16.5. The Hall–Kier alpha value is -1.84. The van der Waals surface area contributed by atoms with E-state index in [0.29, 0.717) is 36.0 Å². The van der Waals surface area contributed by atoms with Gasteiger partial charge in [-0.25, -0.2) is 9.59 Å². The maximum atomic E-state index is 12.9. The van der Waals surface area contributed by atoms with E-state index in [1.54, 1.807) is 18.2 Å². The van der Waals surface area contributed by atoms with Crippen LogP contribution in [-0.4, -0.2) is 23.7 Å². The van der Waals surface area contributed by atoms with Crippen molar-refractivity contribution in [2.24, 2.45) is 11.8 Å². The van der Waals surface area contributed by atoms with E-state index >= 15 is 0 Å².